The number of alkyl halides is 3. The first kappa shape index (κ1) is 43.4. The second kappa shape index (κ2) is 21.7. The Bertz CT molecular complexity index is 2510. The molecule has 0 fully saturated rings. The fraction of sp³-hybridized carbons (Fsp3) is 0.270. The molecule has 3 aromatic heterocycles. The Hall–Kier alpha value is -4.96. The second-order valence-corrected chi connectivity index (χ2v) is 14.0. The number of aromatic amines is 1. The Labute approximate surface area is 334 Å². The van der Waals surface area contributed by atoms with Crippen molar-refractivity contribution >= 4 is 86.8 Å². The van der Waals surface area contributed by atoms with Gasteiger partial charge in [-0.1, -0.05) is 77.2 Å². The lowest BCUT2D eigenvalue weighted by atomic mass is 10.2. The van der Waals surface area contributed by atoms with Gasteiger partial charge in [0.15, 0.2) is 16.7 Å². The Morgan fingerprint density at radius 3 is 1.67 bits per heavy atom. The number of aromatic hydroxyl groups is 1. The first-order valence-electron chi connectivity index (χ1n) is 16.3. The van der Waals surface area contributed by atoms with Gasteiger partial charge in [0.2, 0.25) is 0 Å². The fourth-order valence-electron chi connectivity index (χ4n) is 4.78. The van der Waals surface area contributed by atoms with E-state index in [4.69, 9.17) is 29.6 Å². The van der Waals surface area contributed by atoms with Crippen LogP contribution in [-0.4, -0.2) is 41.8 Å². The normalized spacial score (nSPS) is 10.2. The SMILES string of the molecule is BrCCBr.Cc1ccc(O)c(N)c1.Cc1ccc2oc(=O)[nH]c2c1.Cc1ccc2oc(=O)n(CCBr)c2c1.Cc1ccc2oc(=O)n(CCN=[N+]=[N-])c2c1. The molecule has 3 heterocycles. The molecule has 4 N–H and O–H groups in total. The Morgan fingerprint density at radius 1 is 0.704 bits per heavy atom. The molecular formula is C37H40Br3N7O7. The summed E-state index contributed by atoms with van der Waals surface area (Å²) in [6.07, 6.45) is 0. The van der Waals surface area contributed by atoms with E-state index in [9.17, 15) is 14.4 Å². The number of phenolic OH excluding ortho intramolecular Hbond substituents is 1. The molecule has 14 nitrogen and oxygen atoms in total. The molecule has 0 amide bonds. The van der Waals surface area contributed by atoms with E-state index in [1.807, 2.05) is 76.2 Å². The molecule has 286 valence electrons. The Kier molecular flexibility index (Phi) is 17.4. The maximum Gasteiger partial charge on any atom is 0.419 e. The van der Waals surface area contributed by atoms with E-state index in [0.717, 1.165) is 54.8 Å². The van der Waals surface area contributed by atoms with Crippen LogP contribution in [0.25, 0.3) is 43.7 Å². The zero-order chi connectivity index (χ0) is 39.8. The number of aryl methyl sites for hydroxylation is 5. The summed E-state index contributed by atoms with van der Waals surface area (Å²) in [6, 6.07) is 21.9. The monoisotopic (exact) mass is 931 g/mol. The molecule has 0 saturated carbocycles. The van der Waals surface area contributed by atoms with Crippen LogP contribution in [-0.2, 0) is 13.1 Å². The molecular weight excluding hydrogens is 894 g/mol. The van der Waals surface area contributed by atoms with Gasteiger partial charge in [0, 0.05) is 40.5 Å². The maximum atomic E-state index is 11.5. The summed E-state index contributed by atoms with van der Waals surface area (Å²) in [4.78, 5) is 38.8. The molecule has 0 aliphatic carbocycles. The lowest BCUT2D eigenvalue weighted by molar-refractivity contribution is 0.478. The lowest BCUT2D eigenvalue weighted by Crippen LogP contribution is -2.15. The Morgan fingerprint density at radius 2 is 1.19 bits per heavy atom. The maximum absolute atomic E-state index is 11.5. The first-order chi connectivity index (χ1) is 25.8. The molecule has 0 aliphatic heterocycles. The van der Waals surface area contributed by atoms with E-state index < -0.39 is 11.5 Å². The minimum absolute atomic E-state index is 0.153. The highest BCUT2D eigenvalue weighted by atomic mass is 79.9. The number of azide groups is 1. The average Bonchev–Trinajstić information content (AvgIpc) is 3.77. The molecule has 0 spiro atoms. The molecule has 0 saturated heterocycles. The number of rotatable bonds is 6. The highest BCUT2D eigenvalue weighted by molar-refractivity contribution is 9.12. The topological polar surface area (TPSA) is 211 Å². The van der Waals surface area contributed by atoms with Crippen molar-refractivity contribution in [1.82, 2.24) is 14.1 Å². The van der Waals surface area contributed by atoms with Crippen molar-refractivity contribution in [3.8, 4) is 5.75 Å². The van der Waals surface area contributed by atoms with Crippen LogP contribution in [0, 0.1) is 27.7 Å². The van der Waals surface area contributed by atoms with E-state index >= 15 is 0 Å². The first-order valence-corrected chi connectivity index (χ1v) is 19.7. The van der Waals surface area contributed by atoms with Gasteiger partial charge in [0.1, 0.15) is 5.75 Å². The third kappa shape index (κ3) is 12.9. The van der Waals surface area contributed by atoms with E-state index in [1.54, 1.807) is 28.8 Å². The number of nitrogens with two attached hydrogens (primary N) is 1. The van der Waals surface area contributed by atoms with Gasteiger partial charge in [0.25, 0.3) is 0 Å². The minimum atomic E-state index is -0.422. The summed E-state index contributed by atoms with van der Waals surface area (Å²) in [5, 5.41) is 15.2. The number of nitrogens with zero attached hydrogens (tertiary/aromatic N) is 5. The predicted octanol–water partition coefficient (Wildman–Crippen LogP) is 9.00. The number of H-pyrrole nitrogens is 1. The largest absolute Gasteiger partial charge is 0.506 e. The van der Waals surface area contributed by atoms with Gasteiger partial charge in [-0.2, -0.15) is 0 Å². The Balaban J connectivity index is 0.000000191. The average molecular weight is 934 g/mol. The van der Waals surface area contributed by atoms with Crippen molar-refractivity contribution in [2.75, 3.05) is 28.3 Å². The summed E-state index contributed by atoms with van der Waals surface area (Å²) in [7, 11) is 0. The summed E-state index contributed by atoms with van der Waals surface area (Å²) in [6.45, 7) is 9.03. The van der Waals surface area contributed by atoms with E-state index in [2.05, 4.69) is 62.8 Å². The third-order valence-corrected chi connectivity index (χ3v) is 9.48. The summed E-state index contributed by atoms with van der Waals surface area (Å²) < 4.78 is 18.1. The number of oxazole rings is 3. The zero-order valence-electron chi connectivity index (χ0n) is 30.0. The molecule has 7 rings (SSSR count). The van der Waals surface area contributed by atoms with Crippen LogP contribution >= 0.6 is 47.8 Å². The number of hydrogen-bond donors (Lipinski definition) is 3. The molecule has 0 aliphatic rings. The number of hydrogen-bond acceptors (Lipinski definition) is 9. The van der Waals surface area contributed by atoms with Gasteiger partial charge in [0.05, 0.1) is 22.2 Å². The van der Waals surface area contributed by atoms with Gasteiger partial charge in [-0.15, -0.1) is 0 Å². The molecule has 4 aromatic carbocycles. The van der Waals surface area contributed by atoms with Crippen LogP contribution in [0.3, 0.4) is 0 Å². The van der Waals surface area contributed by atoms with Crippen molar-refractivity contribution in [3.63, 3.8) is 0 Å². The van der Waals surface area contributed by atoms with E-state index in [0.29, 0.717) is 35.5 Å². The quantitative estimate of drug-likeness (QED) is 0.0365. The van der Waals surface area contributed by atoms with Gasteiger partial charge >= 0.3 is 17.3 Å². The number of fused-ring (bicyclic) bond motifs is 3. The second-order valence-electron chi connectivity index (χ2n) is 11.6. The smallest absolute Gasteiger partial charge is 0.419 e. The number of nitrogen functional groups attached to an aromatic ring is 1. The standard InChI is InChI=1S/C10H10BrNO2.C10H10N4O2.C8H7NO2.C7H9NO.C2H4Br2/c1-7-2-3-9-8(6-7)12(5-4-11)10(13)14-9;1-7-2-3-9-8(6-7)14(10(15)16-9)5-4-12-13-11;1-5-2-3-7-6(4-5)9-8(10)11-7;1-5-2-3-7(9)6(8)4-5;3-1-2-4/h2-3,6H,4-5H2,1H3;2-3,6H,4-5H2,1H3;2-4H,1H3,(H,9,10);2-4,9H,8H2,1H3;1-2H2. The highest BCUT2D eigenvalue weighted by Gasteiger charge is 2.09. The van der Waals surface area contributed by atoms with Crippen molar-refractivity contribution in [3.05, 3.63) is 137 Å². The number of halogens is 3. The molecule has 54 heavy (non-hydrogen) atoms. The van der Waals surface area contributed by atoms with Crippen molar-refractivity contribution in [2.24, 2.45) is 5.11 Å². The fourth-order valence-corrected chi connectivity index (χ4v) is 5.14. The zero-order valence-corrected chi connectivity index (χ0v) is 34.8. The predicted molar refractivity (Wildman–Crippen MR) is 225 cm³/mol. The number of aromatic nitrogens is 3. The van der Waals surface area contributed by atoms with Gasteiger partial charge in [-0.25, -0.2) is 14.4 Å². The molecule has 0 unspecified atom stereocenters. The van der Waals surface area contributed by atoms with Crippen molar-refractivity contribution in [1.29, 1.82) is 0 Å². The summed E-state index contributed by atoms with van der Waals surface area (Å²) in [5.74, 6) is -0.954. The molecule has 17 heteroatoms. The molecule has 0 atom stereocenters. The lowest BCUT2D eigenvalue weighted by Gasteiger charge is -1.98. The van der Waals surface area contributed by atoms with Crippen LogP contribution < -0.4 is 23.0 Å². The van der Waals surface area contributed by atoms with E-state index in [-0.39, 0.29) is 18.1 Å². The highest BCUT2D eigenvalue weighted by Crippen LogP contribution is 2.19. The summed E-state index contributed by atoms with van der Waals surface area (Å²) in [5.41, 5.74) is 22.5. The van der Waals surface area contributed by atoms with Gasteiger partial charge in [-0.3, -0.25) is 14.1 Å². The van der Waals surface area contributed by atoms with Crippen molar-refractivity contribution in [2.45, 2.75) is 40.8 Å². The van der Waals surface area contributed by atoms with Crippen LogP contribution in [0.4, 0.5) is 5.69 Å². The van der Waals surface area contributed by atoms with Crippen LogP contribution in [0.1, 0.15) is 22.3 Å². The van der Waals surface area contributed by atoms with Gasteiger partial charge in [-0.05, 0) is 104 Å². The third-order valence-electron chi connectivity index (χ3n) is 7.27. The van der Waals surface area contributed by atoms with Crippen LogP contribution in [0.15, 0.2) is 106 Å². The number of nitrogens with one attached hydrogen (secondary N) is 1. The minimum Gasteiger partial charge on any atom is -0.506 e. The van der Waals surface area contributed by atoms with E-state index in [1.165, 1.54) is 4.57 Å². The number of benzene rings is 4. The number of anilines is 1. The van der Waals surface area contributed by atoms with Crippen LogP contribution in [0.2, 0.25) is 0 Å². The summed E-state index contributed by atoms with van der Waals surface area (Å²) >= 11 is 9.71. The van der Waals surface area contributed by atoms with Crippen molar-refractivity contribution < 1.29 is 18.4 Å². The number of phenols is 1. The molecule has 7 aromatic rings. The van der Waals surface area contributed by atoms with Gasteiger partial charge < -0.3 is 24.1 Å². The molecule has 0 radical (unpaired) electrons. The molecule has 0 bridgehead atoms. The van der Waals surface area contributed by atoms with Crippen LogP contribution in [0.5, 0.6) is 5.75 Å².